The van der Waals surface area contributed by atoms with E-state index in [0.29, 0.717) is 0 Å². The van der Waals surface area contributed by atoms with E-state index in [9.17, 15) is 0 Å². The molecule has 0 fully saturated rings. The van der Waals surface area contributed by atoms with Gasteiger partial charge in [-0.15, -0.1) is 46.7 Å². The van der Waals surface area contributed by atoms with Crippen LogP contribution in [0.2, 0.25) is 0 Å². The van der Waals surface area contributed by atoms with Gasteiger partial charge in [0.1, 0.15) is 0 Å². The number of halogens is 2. The minimum atomic E-state index is 0. The maximum Gasteiger partial charge on any atom is 3.00 e. The van der Waals surface area contributed by atoms with E-state index in [4.69, 9.17) is 0 Å². The second kappa shape index (κ2) is 6.76. The fourth-order valence-electron chi connectivity index (χ4n) is 1.80. The van der Waals surface area contributed by atoms with Crippen molar-refractivity contribution >= 4 is 10.8 Å². The third-order valence-corrected chi connectivity index (χ3v) is 2.49. The van der Waals surface area contributed by atoms with Crippen LogP contribution >= 0.6 is 0 Å². The van der Waals surface area contributed by atoms with Crippen molar-refractivity contribution in [2.24, 2.45) is 0 Å². The van der Waals surface area contributed by atoms with E-state index < -0.39 is 0 Å². The van der Waals surface area contributed by atoms with E-state index in [0.717, 1.165) is 0 Å². The summed E-state index contributed by atoms with van der Waals surface area (Å²) < 4.78 is 0. The first-order valence-electron chi connectivity index (χ1n) is 4.74. The first kappa shape index (κ1) is 18.5. The van der Waals surface area contributed by atoms with Gasteiger partial charge in [0.25, 0.3) is 0 Å². The number of hydrogen-bond acceptors (Lipinski definition) is 0. The van der Waals surface area contributed by atoms with E-state index >= 15 is 0 Å². The minimum Gasteiger partial charge on any atom is -1.00 e. The number of benzene rings is 1. The summed E-state index contributed by atoms with van der Waals surface area (Å²) in [5.41, 5.74) is 1.70. The van der Waals surface area contributed by atoms with Crippen molar-refractivity contribution in [1.82, 2.24) is 0 Å². The maximum atomic E-state index is 2.26. The zero-order chi connectivity index (χ0) is 9.47. The number of fused-ring (bicyclic) bond motifs is 1. The van der Waals surface area contributed by atoms with Crippen molar-refractivity contribution in [2.75, 3.05) is 0 Å². The average Bonchev–Trinajstić information content (AvgIpc) is 2.45. The van der Waals surface area contributed by atoms with Gasteiger partial charge in [0, 0.05) is 0 Å². The van der Waals surface area contributed by atoms with Crippen LogP contribution in [-0.4, -0.2) is 0 Å². The van der Waals surface area contributed by atoms with Crippen LogP contribution in [0.15, 0.2) is 36.4 Å². The van der Waals surface area contributed by atoms with E-state index in [2.05, 4.69) is 57.2 Å². The molecule has 3 heteroatoms. The number of rotatable bonds is 0. The maximum absolute atomic E-state index is 2.26. The average molecular weight is 290 g/mol. The van der Waals surface area contributed by atoms with Crippen molar-refractivity contribution in [2.45, 2.75) is 26.2 Å². The van der Waals surface area contributed by atoms with Crippen LogP contribution in [0.3, 0.4) is 0 Å². The molecule has 0 nitrogen and oxygen atoms in total. The van der Waals surface area contributed by atoms with Crippen LogP contribution in [-0.2, 0) is 27.1 Å². The van der Waals surface area contributed by atoms with Crippen molar-refractivity contribution in [1.29, 1.82) is 0 Å². The van der Waals surface area contributed by atoms with Crippen LogP contribution in [0.1, 0.15) is 26.3 Å². The fraction of sp³-hybridized carbons (Fsp3) is 0.308. The van der Waals surface area contributed by atoms with Crippen LogP contribution in [0.25, 0.3) is 10.8 Å². The van der Waals surface area contributed by atoms with Gasteiger partial charge in [0.15, 0.2) is 0 Å². The normalized spacial score (nSPS) is 9.94. The topological polar surface area (TPSA) is 0 Å². The molecular weight excluding hydrogens is 275 g/mol. The third-order valence-electron chi connectivity index (χ3n) is 2.49. The van der Waals surface area contributed by atoms with Gasteiger partial charge in [-0.05, 0) is 0 Å². The molecule has 2 aromatic carbocycles. The molecule has 0 aliphatic rings. The van der Waals surface area contributed by atoms with E-state index in [-0.39, 0.29) is 51.9 Å². The van der Waals surface area contributed by atoms with Gasteiger partial charge in [0.2, 0.25) is 0 Å². The Labute approximate surface area is 125 Å². The first-order chi connectivity index (χ1) is 6.09. The molecule has 0 saturated heterocycles. The van der Waals surface area contributed by atoms with Crippen LogP contribution < -0.4 is 24.8 Å². The van der Waals surface area contributed by atoms with Gasteiger partial charge >= 0.3 is 21.7 Å². The fourth-order valence-corrected chi connectivity index (χ4v) is 1.80. The largest absolute Gasteiger partial charge is 3.00 e. The number of hydrogen-bond donors (Lipinski definition) is 0. The molecule has 0 spiro atoms. The van der Waals surface area contributed by atoms with Gasteiger partial charge in [-0.2, -0.15) is 0 Å². The summed E-state index contributed by atoms with van der Waals surface area (Å²) in [7, 11) is 0. The zero-order valence-corrected chi connectivity index (χ0v) is 12.8. The molecule has 85 valence electrons. The molecule has 2 aromatic rings. The Hall–Kier alpha value is 0.124. The van der Waals surface area contributed by atoms with Gasteiger partial charge < -0.3 is 24.8 Å². The van der Waals surface area contributed by atoms with Crippen LogP contribution in [0.5, 0.6) is 0 Å². The summed E-state index contributed by atoms with van der Waals surface area (Å²) in [6.45, 7) is 6.78. The zero-order valence-electron chi connectivity index (χ0n) is 9.72. The summed E-state index contributed by atoms with van der Waals surface area (Å²) >= 11 is 0. The molecular formula is C13H15Cl2Ti. The molecule has 0 saturated carbocycles. The second-order valence-electron chi connectivity index (χ2n) is 4.58. The summed E-state index contributed by atoms with van der Waals surface area (Å²) in [5.74, 6) is 0. The van der Waals surface area contributed by atoms with Crippen molar-refractivity contribution < 1.29 is 46.5 Å². The van der Waals surface area contributed by atoms with Crippen molar-refractivity contribution in [3.8, 4) is 0 Å². The molecule has 0 unspecified atom stereocenters. The Morgan fingerprint density at radius 1 is 1.00 bits per heavy atom. The summed E-state index contributed by atoms with van der Waals surface area (Å²) in [4.78, 5) is 0. The van der Waals surface area contributed by atoms with E-state index in [1.54, 1.807) is 0 Å². The molecule has 0 amide bonds. The Kier molecular flexibility index (Phi) is 7.81. The molecule has 0 aliphatic carbocycles. The molecule has 0 aromatic heterocycles. The van der Waals surface area contributed by atoms with E-state index in [1.807, 2.05) is 0 Å². The molecule has 1 radical (unpaired) electrons. The molecule has 0 atom stereocenters. The Morgan fingerprint density at radius 3 is 2.12 bits per heavy atom. The van der Waals surface area contributed by atoms with Crippen molar-refractivity contribution in [3.63, 3.8) is 0 Å². The minimum absolute atomic E-state index is 0. The Balaban J connectivity index is 0. The van der Waals surface area contributed by atoms with Gasteiger partial charge in [-0.25, -0.2) is 0 Å². The summed E-state index contributed by atoms with van der Waals surface area (Å²) in [6, 6.07) is 13.0. The smallest absolute Gasteiger partial charge is 1.00 e. The van der Waals surface area contributed by atoms with Gasteiger partial charge in [-0.1, -0.05) is 32.3 Å². The van der Waals surface area contributed by atoms with Crippen LogP contribution in [0.4, 0.5) is 0 Å². The van der Waals surface area contributed by atoms with Crippen LogP contribution in [0, 0.1) is 0 Å². The predicted molar refractivity (Wildman–Crippen MR) is 58.2 cm³/mol. The first-order valence-corrected chi connectivity index (χ1v) is 4.74. The molecule has 0 bridgehead atoms. The van der Waals surface area contributed by atoms with E-state index in [1.165, 1.54) is 16.3 Å². The molecule has 0 heterocycles. The molecule has 0 aliphatic heterocycles. The third kappa shape index (κ3) is 3.56. The SMILES string of the molecule is CC(C)(C)c1c[cH-]c2ccccc12.[Cl-].[Cl-].[Ti+3]. The van der Waals surface area contributed by atoms with Crippen molar-refractivity contribution in [3.05, 3.63) is 42.0 Å². The summed E-state index contributed by atoms with van der Waals surface area (Å²) in [6.07, 6.45) is 0. The summed E-state index contributed by atoms with van der Waals surface area (Å²) in [5, 5.41) is 2.75. The van der Waals surface area contributed by atoms with Gasteiger partial charge in [-0.3, -0.25) is 0 Å². The Morgan fingerprint density at radius 2 is 1.56 bits per heavy atom. The quantitative estimate of drug-likeness (QED) is 0.384. The van der Waals surface area contributed by atoms with Gasteiger partial charge in [0.05, 0.1) is 0 Å². The Bertz CT molecular complexity index is 427. The monoisotopic (exact) mass is 289 g/mol. The molecule has 16 heavy (non-hydrogen) atoms. The predicted octanol–water partition coefficient (Wildman–Crippen LogP) is -2.14. The second-order valence-corrected chi connectivity index (χ2v) is 4.58. The molecule has 0 N–H and O–H groups in total. The molecule has 2 rings (SSSR count). The standard InChI is InChI=1S/C13H15.2ClH.Ti/c1-13(2,3)12-9-8-10-6-4-5-7-11(10)12;;;/h4-9H,1-3H3;2*1H;/q-1;;;+3/p-2.